The van der Waals surface area contributed by atoms with E-state index in [0.717, 1.165) is 16.0 Å². The molecule has 0 saturated carbocycles. The summed E-state index contributed by atoms with van der Waals surface area (Å²) in [5.74, 6) is 0.541. The monoisotopic (exact) mass is 485 g/mol. The minimum Gasteiger partial charge on any atom is -0.303 e. The topological polar surface area (TPSA) is 86.2 Å². The van der Waals surface area contributed by atoms with Gasteiger partial charge in [-0.25, -0.2) is 18.2 Å². The van der Waals surface area contributed by atoms with Gasteiger partial charge in [0.2, 0.25) is 10.0 Å². The Morgan fingerprint density at radius 2 is 1.69 bits per heavy atom. The van der Waals surface area contributed by atoms with Gasteiger partial charge in [-0.1, -0.05) is 42.0 Å². The van der Waals surface area contributed by atoms with Crippen LogP contribution in [-0.4, -0.2) is 40.4 Å². The molecular formula is C20H22F3N5O2S2. The summed E-state index contributed by atoms with van der Waals surface area (Å²) >= 11 is 5.40. The number of hydrogen-bond acceptors (Lipinski definition) is 5. The summed E-state index contributed by atoms with van der Waals surface area (Å²) < 4.78 is 65.7. The Labute approximate surface area is 188 Å². The van der Waals surface area contributed by atoms with Gasteiger partial charge in [0.25, 0.3) is 0 Å². The highest BCUT2D eigenvalue weighted by Gasteiger charge is 2.31. The minimum absolute atomic E-state index is 0.0946. The zero-order chi connectivity index (χ0) is 23.7. The summed E-state index contributed by atoms with van der Waals surface area (Å²) in [6.45, 7) is 0.463. The van der Waals surface area contributed by atoms with Crippen molar-refractivity contribution in [2.75, 3.05) is 6.54 Å². The molecule has 0 bridgehead atoms. The first-order chi connectivity index (χ1) is 14.8. The molecule has 0 atom stereocenters. The second-order valence-corrected chi connectivity index (χ2v) is 9.39. The van der Waals surface area contributed by atoms with Crippen LogP contribution in [0.1, 0.15) is 11.1 Å². The van der Waals surface area contributed by atoms with E-state index < -0.39 is 22.7 Å². The third-order valence-electron chi connectivity index (χ3n) is 4.75. The summed E-state index contributed by atoms with van der Waals surface area (Å²) in [4.78, 5) is 1.02. The van der Waals surface area contributed by atoms with Crippen molar-refractivity contribution in [1.29, 1.82) is 0 Å². The first-order valence-corrected chi connectivity index (χ1v) is 11.4. The van der Waals surface area contributed by atoms with Crippen LogP contribution in [0.5, 0.6) is 0 Å². The number of primary sulfonamides is 1. The molecule has 0 spiro atoms. The zero-order valence-electron chi connectivity index (χ0n) is 17.4. The fourth-order valence-corrected chi connectivity index (χ4v) is 3.88. The summed E-state index contributed by atoms with van der Waals surface area (Å²) in [6.07, 6.45) is -4.45. The molecule has 0 aliphatic heterocycles. The first kappa shape index (κ1) is 24.1. The van der Waals surface area contributed by atoms with Crippen molar-refractivity contribution >= 4 is 22.2 Å². The molecule has 2 aromatic carbocycles. The number of benzene rings is 2. The normalized spacial score (nSPS) is 12.5. The Bertz CT molecular complexity index is 1250. The van der Waals surface area contributed by atoms with Crippen molar-refractivity contribution in [1.82, 2.24) is 19.2 Å². The molecular weight excluding hydrogens is 463 g/mol. The van der Waals surface area contributed by atoms with Crippen LogP contribution in [-0.2, 0) is 30.3 Å². The second-order valence-electron chi connectivity index (χ2n) is 7.46. The lowest BCUT2D eigenvalue weighted by Crippen LogP contribution is -2.35. The molecule has 3 aromatic rings. The molecule has 0 saturated heterocycles. The van der Waals surface area contributed by atoms with Crippen LogP contribution < -0.4 is 5.14 Å². The van der Waals surface area contributed by atoms with Crippen LogP contribution in [0.25, 0.3) is 11.4 Å². The van der Waals surface area contributed by atoms with Crippen LogP contribution >= 0.6 is 12.2 Å². The Morgan fingerprint density at radius 3 is 2.22 bits per heavy atom. The smallest absolute Gasteiger partial charge is 0.303 e. The predicted molar refractivity (Wildman–Crippen MR) is 116 cm³/mol. The Balaban J connectivity index is 1.88. The van der Waals surface area contributed by atoms with Gasteiger partial charge in [0.1, 0.15) is 0 Å². The average Bonchev–Trinajstić information content (AvgIpc) is 2.95. The SMILES string of the molecule is Cc1ccc(-c2nn(CN(Cc3ccc(S(N)(=O)=O)cc3)CC(F)(F)F)c(=S)n2C)cc1. The van der Waals surface area contributed by atoms with Gasteiger partial charge in [-0.3, -0.25) is 4.90 Å². The maximum atomic E-state index is 13.2. The Hall–Kier alpha value is -2.54. The van der Waals surface area contributed by atoms with E-state index in [-0.39, 0.29) is 22.9 Å². The molecule has 1 heterocycles. The van der Waals surface area contributed by atoms with E-state index in [1.807, 2.05) is 31.2 Å². The number of aryl methyl sites for hydroxylation is 1. The van der Waals surface area contributed by atoms with Crippen molar-refractivity contribution < 1.29 is 21.6 Å². The van der Waals surface area contributed by atoms with Crippen LogP contribution in [0.2, 0.25) is 0 Å². The van der Waals surface area contributed by atoms with E-state index in [0.29, 0.717) is 11.4 Å². The van der Waals surface area contributed by atoms with E-state index >= 15 is 0 Å². The van der Waals surface area contributed by atoms with Crippen LogP contribution in [0.4, 0.5) is 13.2 Å². The number of nitrogens with two attached hydrogens (primary N) is 1. The van der Waals surface area contributed by atoms with Gasteiger partial charge < -0.3 is 4.57 Å². The number of nitrogens with zero attached hydrogens (tertiary/aromatic N) is 4. The lowest BCUT2D eigenvalue weighted by Gasteiger charge is -2.23. The molecule has 0 aliphatic rings. The molecule has 0 unspecified atom stereocenters. The first-order valence-electron chi connectivity index (χ1n) is 9.45. The van der Waals surface area contributed by atoms with Gasteiger partial charge >= 0.3 is 6.18 Å². The highest BCUT2D eigenvalue weighted by molar-refractivity contribution is 7.89. The van der Waals surface area contributed by atoms with E-state index in [4.69, 9.17) is 17.4 Å². The van der Waals surface area contributed by atoms with E-state index in [9.17, 15) is 21.6 Å². The molecule has 0 aliphatic carbocycles. The fourth-order valence-electron chi connectivity index (χ4n) is 3.18. The highest BCUT2D eigenvalue weighted by Crippen LogP contribution is 2.21. The highest BCUT2D eigenvalue weighted by atomic mass is 32.2. The molecule has 3 rings (SSSR count). The van der Waals surface area contributed by atoms with Crippen molar-refractivity contribution in [3.8, 4) is 11.4 Å². The summed E-state index contributed by atoms with van der Waals surface area (Å²) in [7, 11) is -2.18. The minimum atomic E-state index is -4.45. The van der Waals surface area contributed by atoms with Crippen LogP contribution in [0.3, 0.4) is 0 Å². The number of alkyl halides is 3. The number of halogens is 3. The standard InChI is InChI=1S/C20H22F3N5O2S2/c1-14-3-7-16(8-4-14)18-25-28(19(31)26(18)2)13-27(12-20(21,22)23)11-15-5-9-17(10-6-15)32(24,29)30/h3-10H,11-13H2,1-2H3,(H2,24,29,30). The van der Waals surface area contributed by atoms with Gasteiger partial charge in [-0.15, -0.1) is 0 Å². The van der Waals surface area contributed by atoms with Crippen molar-refractivity contribution in [3.05, 3.63) is 64.4 Å². The molecule has 7 nitrogen and oxygen atoms in total. The molecule has 1 aromatic heterocycles. The lowest BCUT2D eigenvalue weighted by atomic mass is 10.1. The number of sulfonamides is 1. The summed E-state index contributed by atoms with van der Waals surface area (Å²) in [5, 5.41) is 9.51. The second kappa shape index (κ2) is 9.14. The van der Waals surface area contributed by atoms with Crippen LogP contribution in [0.15, 0.2) is 53.4 Å². The number of hydrogen-bond donors (Lipinski definition) is 1. The fraction of sp³-hybridized carbons (Fsp3) is 0.300. The quantitative estimate of drug-likeness (QED) is 0.517. The van der Waals surface area contributed by atoms with Crippen molar-refractivity contribution in [2.45, 2.75) is 31.2 Å². The molecule has 32 heavy (non-hydrogen) atoms. The van der Waals surface area contributed by atoms with Crippen molar-refractivity contribution in [3.63, 3.8) is 0 Å². The largest absolute Gasteiger partial charge is 0.401 e. The van der Waals surface area contributed by atoms with Gasteiger partial charge in [-0.05, 0) is 36.8 Å². The molecule has 0 fully saturated rings. The summed E-state index contributed by atoms with van der Waals surface area (Å²) in [6, 6.07) is 13.0. The Kier molecular flexibility index (Phi) is 6.89. The number of rotatable bonds is 7. The third kappa shape index (κ3) is 6.03. The van der Waals surface area contributed by atoms with Gasteiger partial charge in [-0.2, -0.15) is 18.3 Å². The van der Waals surface area contributed by atoms with E-state index in [2.05, 4.69) is 5.10 Å². The van der Waals surface area contributed by atoms with Gasteiger partial charge in [0, 0.05) is 19.2 Å². The van der Waals surface area contributed by atoms with Gasteiger partial charge in [0.15, 0.2) is 10.6 Å². The molecule has 12 heteroatoms. The van der Waals surface area contributed by atoms with Gasteiger partial charge in [0.05, 0.1) is 18.1 Å². The average molecular weight is 486 g/mol. The zero-order valence-corrected chi connectivity index (χ0v) is 19.0. The van der Waals surface area contributed by atoms with E-state index in [1.54, 1.807) is 11.6 Å². The molecule has 2 N–H and O–H groups in total. The lowest BCUT2D eigenvalue weighted by molar-refractivity contribution is -0.151. The molecule has 0 radical (unpaired) electrons. The Morgan fingerprint density at radius 1 is 1.09 bits per heavy atom. The predicted octanol–water partition coefficient (Wildman–Crippen LogP) is 3.60. The van der Waals surface area contributed by atoms with E-state index in [1.165, 1.54) is 28.9 Å². The maximum absolute atomic E-state index is 13.2. The summed E-state index contributed by atoms with van der Waals surface area (Å²) in [5.41, 5.74) is 2.35. The maximum Gasteiger partial charge on any atom is 0.401 e. The van der Waals surface area contributed by atoms with Crippen molar-refractivity contribution in [2.24, 2.45) is 12.2 Å². The molecule has 172 valence electrons. The van der Waals surface area contributed by atoms with Crippen LogP contribution in [0, 0.1) is 11.7 Å². The number of aromatic nitrogens is 3. The molecule has 0 amide bonds. The third-order valence-corrected chi connectivity index (χ3v) is 6.16.